The normalized spacial score (nSPS) is 21.6. The molecular weight excluding hydrogens is 534 g/mol. The molecule has 8 nitrogen and oxygen atoms in total. The van der Waals surface area contributed by atoms with Crippen LogP contribution in [0.2, 0.25) is 0 Å². The molecule has 1 saturated heterocycles. The van der Waals surface area contributed by atoms with Crippen molar-refractivity contribution >= 4 is 23.3 Å². The van der Waals surface area contributed by atoms with Crippen LogP contribution in [0, 0.1) is 0 Å². The zero-order valence-corrected chi connectivity index (χ0v) is 19.9. The Morgan fingerprint density at radius 2 is 1.73 bits per heavy atom. The van der Waals surface area contributed by atoms with Gasteiger partial charge < -0.3 is 19.7 Å². The van der Waals surface area contributed by atoms with Gasteiger partial charge in [0, 0.05) is 31.5 Å². The van der Waals surface area contributed by atoms with Gasteiger partial charge >= 0.3 is 24.3 Å². The summed E-state index contributed by atoms with van der Waals surface area (Å²) in [6.07, 6.45) is -3.86. The fraction of sp³-hybridized carbons (Fsp3) is 0.500. The number of pyridine rings is 1. The zero-order valence-electron chi connectivity index (χ0n) is 19.1. The van der Waals surface area contributed by atoms with Gasteiger partial charge in [-0.05, 0) is 46.9 Å². The van der Waals surface area contributed by atoms with Gasteiger partial charge in [0.15, 0.2) is 0 Å². The Hall–Kier alpha value is -2.75. The standard InChI is InChI=1S/C18H22N2O2S.2C2HF3O2/c1-2-14(10-19-6-1)12-22-17-4-3-16-18(17)21-8-7-20(16)11-15-5-9-23-13-15;2*3-2(4,5)1(6)7/h1-2,5-6,9-10,13,16-18H,3-4,7-8,11-12H2;2*(H,6,7)/t16-,17+,18+;;/m0../s1. The van der Waals surface area contributed by atoms with E-state index in [2.05, 4.69) is 32.8 Å². The van der Waals surface area contributed by atoms with E-state index in [1.807, 2.05) is 12.3 Å². The molecule has 0 radical (unpaired) electrons. The monoisotopic (exact) mass is 558 g/mol. The molecule has 3 heterocycles. The fourth-order valence-electron chi connectivity index (χ4n) is 3.67. The molecule has 2 aliphatic rings. The molecule has 0 spiro atoms. The Bertz CT molecular complexity index is 950. The van der Waals surface area contributed by atoms with Crippen LogP contribution in [0.3, 0.4) is 0 Å². The first kappa shape index (κ1) is 30.5. The first-order valence-electron chi connectivity index (χ1n) is 10.8. The predicted molar refractivity (Wildman–Crippen MR) is 118 cm³/mol. The molecule has 15 heteroatoms. The third-order valence-electron chi connectivity index (χ3n) is 5.29. The lowest BCUT2D eigenvalue weighted by molar-refractivity contribution is -0.193. The summed E-state index contributed by atoms with van der Waals surface area (Å²) in [6.45, 7) is 3.48. The van der Waals surface area contributed by atoms with Gasteiger partial charge in [-0.3, -0.25) is 9.88 Å². The van der Waals surface area contributed by atoms with E-state index in [4.69, 9.17) is 29.3 Å². The van der Waals surface area contributed by atoms with Crippen molar-refractivity contribution in [2.75, 3.05) is 13.2 Å². The van der Waals surface area contributed by atoms with Crippen molar-refractivity contribution in [3.63, 3.8) is 0 Å². The van der Waals surface area contributed by atoms with Crippen molar-refractivity contribution in [1.29, 1.82) is 0 Å². The van der Waals surface area contributed by atoms with Crippen LogP contribution in [-0.2, 0) is 32.2 Å². The van der Waals surface area contributed by atoms with E-state index < -0.39 is 24.3 Å². The van der Waals surface area contributed by atoms with E-state index in [-0.39, 0.29) is 12.2 Å². The Balaban J connectivity index is 0.000000286. The lowest BCUT2D eigenvalue weighted by Gasteiger charge is -2.39. The highest BCUT2D eigenvalue weighted by atomic mass is 32.1. The van der Waals surface area contributed by atoms with Crippen LogP contribution >= 0.6 is 11.3 Å². The maximum Gasteiger partial charge on any atom is 0.490 e. The highest BCUT2D eigenvalue weighted by molar-refractivity contribution is 7.07. The number of halogens is 6. The summed E-state index contributed by atoms with van der Waals surface area (Å²) >= 11 is 1.77. The smallest absolute Gasteiger partial charge is 0.475 e. The zero-order chi connectivity index (χ0) is 27.6. The number of alkyl halides is 6. The molecule has 2 N–H and O–H groups in total. The largest absolute Gasteiger partial charge is 0.490 e. The van der Waals surface area contributed by atoms with Gasteiger partial charge in [0.1, 0.15) is 0 Å². The van der Waals surface area contributed by atoms with Crippen molar-refractivity contribution in [3.05, 3.63) is 52.5 Å². The number of hydrogen-bond donors (Lipinski definition) is 2. The van der Waals surface area contributed by atoms with Gasteiger partial charge in [0.05, 0.1) is 25.4 Å². The van der Waals surface area contributed by atoms with Crippen LogP contribution in [0.15, 0.2) is 41.4 Å². The number of rotatable bonds is 5. The van der Waals surface area contributed by atoms with Gasteiger partial charge in [0.25, 0.3) is 0 Å². The predicted octanol–water partition coefficient (Wildman–Crippen LogP) is 4.36. The second-order valence-electron chi connectivity index (χ2n) is 7.90. The molecule has 0 unspecified atom stereocenters. The first-order valence-corrected chi connectivity index (χ1v) is 11.7. The summed E-state index contributed by atoms with van der Waals surface area (Å²) in [6, 6.07) is 6.72. The Morgan fingerprint density at radius 1 is 1.08 bits per heavy atom. The summed E-state index contributed by atoms with van der Waals surface area (Å²) < 4.78 is 75.7. The van der Waals surface area contributed by atoms with Gasteiger partial charge in [0.2, 0.25) is 0 Å². The van der Waals surface area contributed by atoms with Crippen molar-refractivity contribution in [2.45, 2.75) is 56.6 Å². The number of aliphatic carboxylic acids is 2. The molecule has 4 rings (SSSR count). The molecule has 1 saturated carbocycles. The minimum absolute atomic E-state index is 0.200. The maximum atomic E-state index is 10.6. The number of carboxylic acids is 2. The van der Waals surface area contributed by atoms with E-state index >= 15 is 0 Å². The minimum Gasteiger partial charge on any atom is -0.475 e. The fourth-order valence-corrected chi connectivity index (χ4v) is 4.33. The lowest BCUT2D eigenvalue weighted by Crippen LogP contribution is -2.51. The number of ether oxygens (including phenoxy) is 2. The molecule has 0 amide bonds. The average molecular weight is 558 g/mol. The van der Waals surface area contributed by atoms with E-state index in [9.17, 15) is 26.3 Å². The van der Waals surface area contributed by atoms with Gasteiger partial charge in [-0.15, -0.1) is 0 Å². The number of carbonyl (C=O) groups is 2. The Kier molecular flexibility index (Phi) is 11.3. The molecule has 2 fully saturated rings. The van der Waals surface area contributed by atoms with Crippen LogP contribution in [0.4, 0.5) is 26.3 Å². The molecule has 206 valence electrons. The molecule has 3 atom stereocenters. The number of aromatic nitrogens is 1. The molecule has 1 aliphatic carbocycles. The minimum atomic E-state index is -5.08. The molecule has 2 aromatic heterocycles. The second-order valence-corrected chi connectivity index (χ2v) is 8.68. The van der Waals surface area contributed by atoms with E-state index in [0.717, 1.165) is 38.1 Å². The number of thiophene rings is 1. The number of nitrogens with zero attached hydrogens (tertiary/aromatic N) is 2. The summed E-state index contributed by atoms with van der Waals surface area (Å²) in [5.41, 5.74) is 2.54. The topological polar surface area (TPSA) is 109 Å². The average Bonchev–Trinajstić information content (AvgIpc) is 3.48. The molecule has 2 aromatic rings. The number of hydrogen-bond acceptors (Lipinski definition) is 7. The molecular formula is C22H24F6N2O6S. The van der Waals surface area contributed by atoms with Gasteiger partial charge in [-0.2, -0.15) is 37.7 Å². The van der Waals surface area contributed by atoms with Crippen LogP contribution < -0.4 is 0 Å². The number of fused-ring (bicyclic) bond motifs is 1. The van der Waals surface area contributed by atoms with Crippen molar-refractivity contribution in [3.8, 4) is 0 Å². The van der Waals surface area contributed by atoms with Crippen LogP contribution in [0.1, 0.15) is 24.0 Å². The van der Waals surface area contributed by atoms with Crippen molar-refractivity contribution in [2.24, 2.45) is 0 Å². The number of morpholine rings is 1. The third kappa shape index (κ3) is 10.3. The van der Waals surface area contributed by atoms with Crippen molar-refractivity contribution in [1.82, 2.24) is 9.88 Å². The SMILES string of the molecule is O=C(O)C(F)(F)F.O=C(O)C(F)(F)F.c1cncc(CO[C@@H]2CC[C@H]3[C@H]2OCCN3Cc2ccsc2)c1. The third-order valence-corrected chi connectivity index (χ3v) is 6.02. The summed E-state index contributed by atoms with van der Waals surface area (Å²) in [7, 11) is 0. The molecule has 1 aliphatic heterocycles. The van der Waals surface area contributed by atoms with E-state index in [1.165, 1.54) is 5.56 Å². The van der Waals surface area contributed by atoms with Crippen molar-refractivity contribution < 1.29 is 55.6 Å². The van der Waals surface area contributed by atoms with Crippen LogP contribution in [0.25, 0.3) is 0 Å². The van der Waals surface area contributed by atoms with Gasteiger partial charge in [-0.1, -0.05) is 6.07 Å². The quantitative estimate of drug-likeness (QED) is 0.522. The summed E-state index contributed by atoms with van der Waals surface area (Å²) in [5.74, 6) is -5.51. The Labute approximate surface area is 211 Å². The van der Waals surface area contributed by atoms with E-state index in [1.54, 1.807) is 17.5 Å². The summed E-state index contributed by atoms with van der Waals surface area (Å²) in [5, 5.41) is 18.7. The molecule has 37 heavy (non-hydrogen) atoms. The maximum absolute atomic E-state index is 10.6. The van der Waals surface area contributed by atoms with Crippen LogP contribution in [0.5, 0.6) is 0 Å². The lowest BCUT2D eigenvalue weighted by atomic mass is 10.1. The summed E-state index contributed by atoms with van der Waals surface area (Å²) in [4.78, 5) is 24.5. The second kappa shape index (κ2) is 13.7. The number of carboxylic acid groups (broad SMARTS) is 2. The Morgan fingerprint density at radius 3 is 2.24 bits per heavy atom. The first-order chi connectivity index (χ1) is 17.3. The highest BCUT2D eigenvalue weighted by Crippen LogP contribution is 2.33. The molecule has 0 bridgehead atoms. The highest BCUT2D eigenvalue weighted by Gasteiger charge is 2.43. The molecule has 0 aromatic carbocycles. The van der Waals surface area contributed by atoms with Crippen LogP contribution in [-0.4, -0.2) is 75.8 Å². The van der Waals surface area contributed by atoms with Gasteiger partial charge in [-0.25, -0.2) is 9.59 Å². The van der Waals surface area contributed by atoms with E-state index in [0.29, 0.717) is 12.6 Å².